The van der Waals surface area contributed by atoms with Crippen molar-refractivity contribution in [2.24, 2.45) is 0 Å². The largest absolute Gasteiger partial charge is 0.333 e. The lowest BCUT2D eigenvalue weighted by Crippen LogP contribution is -2.41. The quantitative estimate of drug-likeness (QED) is 0.633. The highest BCUT2D eigenvalue weighted by molar-refractivity contribution is 5.92. The van der Waals surface area contributed by atoms with Crippen LogP contribution in [0.2, 0.25) is 0 Å². The van der Waals surface area contributed by atoms with Crippen LogP contribution in [-0.4, -0.2) is 23.4 Å². The summed E-state index contributed by atoms with van der Waals surface area (Å²) in [5.41, 5.74) is 3.89. The summed E-state index contributed by atoms with van der Waals surface area (Å²) in [6.45, 7) is 2.87. The molecule has 0 fully saturated rings. The highest BCUT2D eigenvalue weighted by atomic mass is 16.2. The van der Waals surface area contributed by atoms with Gasteiger partial charge in [-0.1, -0.05) is 78.4 Å². The number of nitrogens with zero attached hydrogens (tertiary/aromatic N) is 1. The number of rotatable bonds is 7. The molecule has 0 aliphatic heterocycles. The van der Waals surface area contributed by atoms with Crippen LogP contribution in [0.3, 0.4) is 0 Å². The summed E-state index contributed by atoms with van der Waals surface area (Å²) in [4.78, 5) is 26.7. The molecule has 3 aromatic carbocycles. The Bertz CT molecular complexity index is 884. The van der Waals surface area contributed by atoms with Crippen molar-refractivity contribution in [2.75, 3.05) is 11.9 Å². The van der Waals surface area contributed by atoms with Crippen LogP contribution in [0.5, 0.6) is 0 Å². The number of carbonyl (C=O) groups is 2. The molecular weight excluding hydrogens is 362 g/mol. The molecule has 0 saturated heterocycles. The van der Waals surface area contributed by atoms with Crippen molar-refractivity contribution >= 4 is 17.6 Å². The fourth-order valence-corrected chi connectivity index (χ4v) is 2.92. The topological polar surface area (TPSA) is 61.4 Å². The maximum Gasteiger partial charge on any atom is 0.319 e. The van der Waals surface area contributed by atoms with Crippen LogP contribution in [0, 0.1) is 6.92 Å². The Balaban J connectivity index is 1.60. The van der Waals surface area contributed by atoms with Crippen molar-refractivity contribution in [3.05, 3.63) is 102 Å². The minimum atomic E-state index is -0.401. The van der Waals surface area contributed by atoms with E-state index in [1.807, 2.05) is 91.9 Å². The number of anilines is 1. The number of nitrogens with one attached hydrogen (secondary N) is 2. The molecule has 148 valence electrons. The maximum absolute atomic E-state index is 12.8. The molecule has 3 aromatic rings. The van der Waals surface area contributed by atoms with Gasteiger partial charge >= 0.3 is 6.03 Å². The molecule has 0 unspecified atom stereocenters. The number of hydrogen-bond acceptors (Lipinski definition) is 2. The van der Waals surface area contributed by atoms with Crippen LogP contribution in [0.1, 0.15) is 16.7 Å². The molecule has 0 radical (unpaired) electrons. The Morgan fingerprint density at radius 2 is 1.28 bits per heavy atom. The van der Waals surface area contributed by atoms with E-state index in [0.717, 1.165) is 16.7 Å². The van der Waals surface area contributed by atoms with Gasteiger partial charge in [-0.25, -0.2) is 4.79 Å². The summed E-state index contributed by atoms with van der Waals surface area (Å²) in [6, 6.07) is 26.8. The van der Waals surface area contributed by atoms with Gasteiger partial charge in [-0.3, -0.25) is 4.79 Å². The summed E-state index contributed by atoms with van der Waals surface area (Å²) in [6.07, 6.45) is 0. The Labute approximate surface area is 171 Å². The molecule has 0 spiro atoms. The normalized spacial score (nSPS) is 10.2. The van der Waals surface area contributed by atoms with Gasteiger partial charge in [0.15, 0.2) is 0 Å². The van der Waals surface area contributed by atoms with E-state index in [1.165, 1.54) is 0 Å². The maximum atomic E-state index is 12.8. The lowest BCUT2D eigenvalue weighted by molar-refractivity contribution is -0.131. The zero-order chi connectivity index (χ0) is 20.5. The van der Waals surface area contributed by atoms with Crippen molar-refractivity contribution in [1.82, 2.24) is 10.2 Å². The molecule has 29 heavy (non-hydrogen) atoms. The number of amides is 3. The summed E-state index contributed by atoms with van der Waals surface area (Å²) in [5, 5.41) is 5.40. The van der Waals surface area contributed by atoms with Gasteiger partial charge in [0.05, 0.1) is 6.54 Å². The molecule has 0 heterocycles. The van der Waals surface area contributed by atoms with Crippen LogP contribution < -0.4 is 10.6 Å². The first kappa shape index (κ1) is 20.1. The molecule has 5 heteroatoms. The van der Waals surface area contributed by atoms with Gasteiger partial charge in [-0.15, -0.1) is 0 Å². The highest BCUT2D eigenvalue weighted by Gasteiger charge is 2.15. The third kappa shape index (κ3) is 6.50. The second-order valence-electron chi connectivity index (χ2n) is 6.89. The lowest BCUT2D eigenvalue weighted by atomic mass is 10.1. The molecule has 3 rings (SSSR count). The number of carbonyl (C=O) groups excluding carboxylic acids is 2. The van der Waals surface area contributed by atoms with Crippen molar-refractivity contribution in [1.29, 1.82) is 0 Å². The average Bonchev–Trinajstić information content (AvgIpc) is 2.75. The van der Waals surface area contributed by atoms with Crippen LogP contribution in [0.25, 0.3) is 0 Å². The van der Waals surface area contributed by atoms with E-state index in [4.69, 9.17) is 0 Å². The number of hydrogen-bond donors (Lipinski definition) is 2. The smallest absolute Gasteiger partial charge is 0.319 e. The van der Waals surface area contributed by atoms with Gasteiger partial charge < -0.3 is 15.5 Å². The van der Waals surface area contributed by atoms with E-state index in [-0.39, 0.29) is 12.5 Å². The molecule has 0 aliphatic carbocycles. The zero-order valence-electron chi connectivity index (χ0n) is 16.5. The van der Waals surface area contributed by atoms with Gasteiger partial charge in [0.2, 0.25) is 5.91 Å². The molecule has 0 bridgehead atoms. The first-order valence-electron chi connectivity index (χ1n) is 9.57. The van der Waals surface area contributed by atoms with E-state index in [0.29, 0.717) is 18.8 Å². The predicted molar refractivity (Wildman–Crippen MR) is 115 cm³/mol. The second-order valence-corrected chi connectivity index (χ2v) is 6.89. The average molecular weight is 387 g/mol. The summed E-state index contributed by atoms with van der Waals surface area (Å²) >= 11 is 0. The monoisotopic (exact) mass is 387 g/mol. The Morgan fingerprint density at radius 1 is 0.759 bits per heavy atom. The van der Waals surface area contributed by atoms with Crippen LogP contribution in [-0.2, 0) is 17.9 Å². The third-order valence-corrected chi connectivity index (χ3v) is 4.49. The van der Waals surface area contributed by atoms with E-state index < -0.39 is 6.03 Å². The Hall–Kier alpha value is -3.60. The van der Waals surface area contributed by atoms with E-state index >= 15 is 0 Å². The standard InChI is InChI=1S/C24H25N3O2/c1-19-12-14-22(15-13-19)26-24(29)25-16-23(28)27(17-20-8-4-2-5-9-20)18-21-10-6-3-7-11-21/h2-15H,16-18H2,1H3,(H2,25,26,29). The number of benzene rings is 3. The minimum absolute atomic E-state index is 0.0721. The number of urea groups is 1. The first-order chi connectivity index (χ1) is 14.1. The Kier molecular flexibility index (Phi) is 7.00. The highest BCUT2D eigenvalue weighted by Crippen LogP contribution is 2.11. The van der Waals surface area contributed by atoms with Gasteiger partial charge in [-0.05, 0) is 30.2 Å². The Morgan fingerprint density at radius 3 is 1.79 bits per heavy atom. The first-order valence-corrected chi connectivity index (χ1v) is 9.57. The van der Waals surface area contributed by atoms with Gasteiger partial charge in [-0.2, -0.15) is 0 Å². The molecular formula is C24H25N3O2. The predicted octanol–water partition coefficient (Wildman–Crippen LogP) is 4.35. The van der Waals surface area contributed by atoms with Gasteiger partial charge in [0.1, 0.15) is 0 Å². The van der Waals surface area contributed by atoms with E-state index in [2.05, 4.69) is 10.6 Å². The summed E-state index contributed by atoms with van der Waals surface area (Å²) in [5.74, 6) is -0.142. The molecule has 0 aromatic heterocycles. The van der Waals surface area contributed by atoms with Crippen LogP contribution in [0.4, 0.5) is 10.5 Å². The summed E-state index contributed by atoms with van der Waals surface area (Å²) in [7, 11) is 0. The van der Waals surface area contributed by atoms with Gasteiger partial charge in [0, 0.05) is 18.8 Å². The van der Waals surface area contributed by atoms with Crippen molar-refractivity contribution in [3.63, 3.8) is 0 Å². The third-order valence-electron chi connectivity index (χ3n) is 4.49. The zero-order valence-corrected chi connectivity index (χ0v) is 16.5. The van der Waals surface area contributed by atoms with Crippen LogP contribution >= 0.6 is 0 Å². The van der Waals surface area contributed by atoms with Crippen molar-refractivity contribution < 1.29 is 9.59 Å². The van der Waals surface area contributed by atoms with E-state index in [1.54, 1.807) is 4.90 Å². The molecule has 3 amide bonds. The lowest BCUT2D eigenvalue weighted by Gasteiger charge is -2.23. The second kappa shape index (κ2) is 10.1. The molecule has 5 nitrogen and oxygen atoms in total. The minimum Gasteiger partial charge on any atom is -0.333 e. The molecule has 0 aliphatic rings. The SMILES string of the molecule is Cc1ccc(NC(=O)NCC(=O)N(Cc2ccccc2)Cc2ccccc2)cc1. The van der Waals surface area contributed by atoms with Crippen molar-refractivity contribution in [3.8, 4) is 0 Å². The van der Waals surface area contributed by atoms with Gasteiger partial charge in [0.25, 0.3) is 0 Å². The molecule has 0 saturated carbocycles. The number of aryl methyl sites for hydroxylation is 1. The fraction of sp³-hybridized carbons (Fsp3) is 0.167. The van der Waals surface area contributed by atoms with Crippen LogP contribution in [0.15, 0.2) is 84.9 Å². The molecule has 2 N–H and O–H groups in total. The molecule has 0 atom stereocenters. The van der Waals surface area contributed by atoms with E-state index in [9.17, 15) is 9.59 Å². The fourth-order valence-electron chi connectivity index (χ4n) is 2.92. The van der Waals surface area contributed by atoms with Crippen molar-refractivity contribution in [2.45, 2.75) is 20.0 Å². The summed E-state index contributed by atoms with van der Waals surface area (Å²) < 4.78 is 0.